The van der Waals surface area contributed by atoms with Gasteiger partial charge in [-0.15, -0.1) is 0 Å². The van der Waals surface area contributed by atoms with Gasteiger partial charge in [-0.05, 0) is 63.7 Å². The molecule has 0 atom stereocenters. The predicted molar refractivity (Wildman–Crippen MR) is 241 cm³/mol. The van der Waals surface area contributed by atoms with E-state index in [9.17, 15) is 5.26 Å². The van der Waals surface area contributed by atoms with Crippen LogP contribution in [-0.4, -0.2) is 24.9 Å². The van der Waals surface area contributed by atoms with Crippen LogP contribution in [0, 0.1) is 11.3 Å². The van der Waals surface area contributed by atoms with Crippen molar-refractivity contribution in [2.24, 2.45) is 0 Å². The lowest BCUT2D eigenvalue weighted by molar-refractivity contribution is 1.07. The van der Waals surface area contributed by atoms with E-state index >= 15 is 0 Å². The predicted octanol–water partition coefficient (Wildman–Crippen LogP) is 13.0. The molecule has 0 saturated heterocycles. The number of nitrogens with zero attached hydrogens (tertiary/aromatic N) is 6. The standard InChI is InChI=1S/C54H34N6/c55-35-36-16-14-23-40(32-36)41-24-15-25-42(33-41)52-58-51(39-21-8-3-9-22-39)59-53(60-52)43-30-31-45(48(34-43)37-17-4-1-5-18-37)44-26-10-11-27-46(44)54-56-49-29-13-12-28-47(49)50(57-54)38-19-6-2-7-20-38/h1-34H. The Kier molecular flexibility index (Phi) is 9.51. The van der Waals surface area contributed by atoms with Gasteiger partial charge in [-0.2, -0.15) is 5.26 Å². The molecular formula is C54H34N6. The van der Waals surface area contributed by atoms with Gasteiger partial charge in [0.15, 0.2) is 23.3 Å². The molecule has 0 amide bonds. The summed E-state index contributed by atoms with van der Waals surface area (Å²) in [6, 6.07) is 71.6. The number of fused-ring (bicyclic) bond motifs is 1. The normalized spacial score (nSPS) is 11.0. The van der Waals surface area contributed by atoms with Crippen LogP contribution in [0.3, 0.4) is 0 Å². The van der Waals surface area contributed by atoms with E-state index in [1.54, 1.807) is 0 Å². The summed E-state index contributed by atoms with van der Waals surface area (Å²) in [5.41, 5.74) is 13.0. The lowest BCUT2D eigenvalue weighted by Crippen LogP contribution is -2.01. The van der Waals surface area contributed by atoms with Crippen molar-refractivity contribution in [1.82, 2.24) is 24.9 Å². The van der Waals surface area contributed by atoms with Crippen LogP contribution in [0.1, 0.15) is 5.56 Å². The van der Waals surface area contributed by atoms with Crippen LogP contribution in [0.15, 0.2) is 206 Å². The monoisotopic (exact) mass is 766 g/mol. The van der Waals surface area contributed by atoms with Crippen molar-refractivity contribution < 1.29 is 0 Å². The molecule has 10 rings (SSSR count). The van der Waals surface area contributed by atoms with Gasteiger partial charge < -0.3 is 0 Å². The Balaban J connectivity index is 1.14. The molecule has 0 bridgehead atoms. The minimum atomic E-state index is 0.551. The minimum Gasteiger partial charge on any atom is -0.228 e. The van der Waals surface area contributed by atoms with E-state index in [1.165, 1.54) is 0 Å². The molecule has 2 heterocycles. The Hall–Kier alpha value is -8.40. The van der Waals surface area contributed by atoms with E-state index in [2.05, 4.69) is 97.1 Å². The summed E-state index contributed by atoms with van der Waals surface area (Å²) in [6.45, 7) is 0. The van der Waals surface area contributed by atoms with Gasteiger partial charge in [0.05, 0.1) is 22.8 Å². The van der Waals surface area contributed by atoms with Crippen LogP contribution in [0.5, 0.6) is 0 Å². The zero-order chi connectivity index (χ0) is 40.3. The Morgan fingerprint density at radius 3 is 1.53 bits per heavy atom. The van der Waals surface area contributed by atoms with Gasteiger partial charge in [-0.25, -0.2) is 24.9 Å². The molecule has 0 saturated carbocycles. The smallest absolute Gasteiger partial charge is 0.164 e. The number of benzene rings is 8. The molecule has 280 valence electrons. The number of hydrogen-bond acceptors (Lipinski definition) is 6. The van der Waals surface area contributed by atoms with Crippen molar-refractivity contribution in [2.75, 3.05) is 0 Å². The topological polar surface area (TPSA) is 88.2 Å². The molecule has 6 heteroatoms. The van der Waals surface area contributed by atoms with Crippen molar-refractivity contribution in [3.8, 4) is 96.3 Å². The Morgan fingerprint density at radius 1 is 0.300 bits per heavy atom. The molecule has 0 N–H and O–H groups in total. The second-order valence-electron chi connectivity index (χ2n) is 14.4. The van der Waals surface area contributed by atoms with E-state index in [0.717, 1.165) is 77.8 Å². The van der Waals surface area contributed by atoms with E-state index in [4.69, 9.17) is 24.9 Å². The van der Waals surface area contributed by atoms with Gasteiger partial charge in [0.25, 0.3) is 0 Å². The molecule has 0 aliphatic rings. The first kappa shape index (κ1) is 36.0. The number of para-hydroxylation sites is 1. The van der Waals surface area contributed by atoms with Crippen LogP contribution < -0.4 is 0 Å². The Bertz CT molecular complexity index is 3210. The quantitative estimate of drug-likeness (QED) is 0.153. The highest BCUT2D eigenvalue weighted by Crippen LogP contribution is 2.41. The largest absolute Gasteiger partial charge is 0.228 e. The van der Waals surface area contributed by atoms with Crippen LogP contribution in [0.2, 0.25) is 0 Å². The zero-order valence-corrected chi connectivity index (χ0v) is 32.3. The molecule has 0 unspecified atom stereocenters. The minimum absolute atomic E-state index is 0.551. The number of rotatable bonds is 8. The summed E-state index contributed by atoms with van der Waals surface area (Å²) in [7, 11) is 0. The maximum atomic E-state index is 9.56. The van der Waals surface area contributed by atoms with Gasteiger partial charge in [0.2, 0.25) is 0 Å². The first-order valence-corrected chi connectivity index (χ1v) is 19.7. The van der Waals surface area contributed by atoms with Gasteiger partial charge in [0.1, 0.15) is 0 Å². The molecule has 8 aromatic carbocycles. The SMILES string of the molecule is N#Cc1cccc(-c2cccc(-c3nc(-c4ccccc4)nc(-c4ccc(-c5ccccc5-c5nc(-c6ccccc6)c6ccccc6n5)c(-c5ccccc5)c4)n3)c2)c1. The number of aromatic nitrogens is 5. The second kappa shape index (κ2) is 15.9. The molecule has 60 heavy (non-hydrogen) atoms. The maximum absolute atomic E-state index is 9.56. The molecule has 6 nitrogen and oxygen atoms in total. The Labute approximate surface area is 347 Å². The van der Waals surface area contributed by atoms with Gasteiger partial charge in [-0.1, -0.05) is 176 Å². The van der Waals surface area contributed by atoms with Crippen molar-refractivity contribution in [2.45, 2.75) is 0 Å². The summed E-state index contributed by atoms with van der Waals surface area (Å²) in [5, 5.41) is 10.6. The summed E-state index contributed by atoms with van der Waals surface area (Å²) in [4.78, 5) is 25.7. The van der Waals surface area contributed by atoms with Crippen LogP contribution in [0.4, 0.5) is 0 Å². The van der Waals surface area contributed by atoms with Crippen molar-refractivity contribution in [3.05, 3.63) is 212 Å². The highest BCUT2D eigenvalue weighted by Gasteiger charge is 2.20. The van der Waals surface area contributed by atoms with Gasteiger partial charge >= 0.3 is 0 Å². The summed E-state index contributed by atoms with van der Waals surface area (Å²) < 4.78 is 0. The van der Waals surface area contributed by atoms with Crippen molar-refractivity contribution in [3.63, 3.8) is 0 Å². The van der Waals surface area contributed by atoms with Crippen LogP contribution in [0.25, 0.3) is 101 Å². The fraction of sp³-hybridized carbons (Fsp3) is 0. The summed E-state index contributed by atoms with van der Waals surface area (Å²) in [6.07, 6.45) is 0. The lowest BCUT2D eigenvalue weighted by atomic mass is 9.90. The fourth-order valence-electron chi connectivity index (χ4n) is 7.66. The van der Waals surface area contributed by atoms with E-state index in [0.29, 0.717) is 28.9 Å². The van der Waals surface area contributed by atoms with E-state index in [1.807, 2.05) is 115 Å². The van der Waals surface area contributed by atoms with E-state index in [-0.39, 0.29) is 0 Å². The average molecular weight is 767 g/mol. The summed E-state index contributed by atoms with van der Waals surface area (Å²) in [5.74, 6) is 2.34. The molecule has 0 fully saturated rings. The third-order valence-corrected chi connectivity index (χ3v) is 10.6. The third-order valence-electron chi connectivity index (χ3n) is 10.6. The van der Waals surface area contributed by atoms with E-state index < -0.39 is 0 Å². The maximum Gasteiger partial charge on any atom is 0.164 e. The fourth-order valence-corrected chi connectivity index (χ4v) is 7.66. The first-order valence-electron chi connectivity index (χ1n) is 19.7. The molecule has 2 aromatic heterocycles. The van der Waals surface area contributed by atoms with Crippen molar-refractivity contribution >= 4 is 10.9 Å². The Morgan fingerprint density at radius 2 is 0.817 bits per heavy atom. The number of nitriles is 1. The zero-order valence-electron chi connectivity index (χ0n) is 32.3. The lowest BCUT2D eigenvalue weighted by Gasteiger charge is -2.17. The first-order chi connectivity index (χ1) is 29.7. The second-order valence-corrected chi connectivity index (χ2v) is 14.4. The molecule has 0 spiro atoms. The summed E-state index contributed by atoms with van der Waals surface area (Å²) >= 11 is 0. The average Bonchev–Trinajstić information content (AvgIpc) is 3.34. The van der Waals surface area contributed by atoms with Gasteiger partial charge in [-0.3, -0.25) is 0 Å². The highest BCUT2D eigenvalue weighted by molar-refractivity contribution is 5.96. The molecule has 0 aliphatic carbocycles. The van der Waals surface area contributed by atoms with Gasteiger partial charge in [0, 0.05) is 33.2 Å². The van der Waals surface area contributed by atoms with Crippen LogP contribution in [-0.2, 0) is 0 Å². The molecule has 0 radical (unpaired) electrons. The highest BCUT2D eigenvalue weighted by atomic mass is 15.0. The molecule has 0 aliphatic heterocycles. The van der Waals surface area contributed by atoms with Crippen LogP contribution >= 0.6 is 0 Å². The van der Waals surface area contributed by atoms with Crippen molar-refractivity contribution in [1.29, 1.82) is 5.26 Å². The molecule has 10 aromatic rings. The number of hydrogen-bond donors (Lipinski definition) is 0. The molecular weight excluding hydrogens is 733 g/mol. The third kappa shape index (κ3) is 7.08.